The average molecular weight is 401 g/mol. The van der Waals surface area contributed by atoms with Crippen LogP contribution in [0.5, 0.6) is 0 Å². The zero-order valence-corrected chi connectivity index (χ0v) is 15.4. The number of benzene rings is 1. The summed E-state index contributed by atoms with van der Waals surface area (Å²) in [5.74, 6) is 0.626. The van der Waals surface area contributed by atoms with Gasteiger partial charge in [0.05, 0.1) is 5.56 Å². The van der Waals surface area contributed by atoms with Crippen molar-refractivity contribution in [1.29, 1.82) is 0 Å². The molecule has 1 amide bonds. The molecule has 29 heavy (non-hydrogen) atoms. The van der Waals surface area contributed by atoms with Crippen molar-refractivity contribution in [3.8, 4) is 0 Å². The number of rotatable bonds is 2. The lowest BCUT2D eigenvalue weighted by Gasteiger charge is -2.21. The summed E-state index contributed by atoms with van der Waals surface area (Å²) in [6.45, 7) is 1.06. The zero-order valence-electron chi connectivity index (χ0n) is 15.4. The standard InChI is InChI=1S/C20H18F3N5O/c21-20(22,23)16-5-2-1-4-15(16)12-8-13-10-27(11-14(13)9-12)18(29)17-25-26-19-24-6-3-7-28(17)19/h1-7,12-14H,8-11H2/t12-,13-,14+. The molecule has 2 aromatic heterocycles. The highest BCUT2D eigenvalue weighted by molar-refractivity contribution is 5.91. The molecule has 1 aromatic carbocycles. The quantitative estimate of drug-likeness (QED) is 0.660. The molecule has 5 rings (SSSR count). The van der Waals surface area contributed by atoms with Gasteiger partial charge in [-0.25, -0.2) is 4.98 Å². The molecule has 2 fully saturated rings. The maximum atomic E-state index is 13.4. The van der Waals surface area contributed by atoms with E-state index in [2.05, 4.69) is 15.2 Å². The molecule has 3 aromatic rings. The second-order valence-electron chi connectivity index (χ2n) is 7.80. The molecule has 1 saturated carbocycles. The summed E-state index contributed by atoms with van der Waals surface area (Å²) in [7, 11) is 0. The van der Waals surface area contributed by atoms with Gasteiger partial charge in [-0.15, -0.1) is 10.2 Å². The number of hydrogen-bond acceptors (Lipinski definition) is 4. The van der Waals surface area contributed by atoms with Gasteiger partial charge in [-0.1, -0.05) is 18.2 Å². The average Bonchev–Trinajstić information content (AvgIpc) is 3.39. The second kappa shape index (κ2) is 6.53. The van der Waals surface area contributed by atoms with Gasteiger partial charge in [-0.2, -0.15) is 13.2 Å². The number of carbonyl (C=O) groups is 1. The summed E-state index contributed by atoms with van der Waals surface area (Å²) in [4.78, 5) is 18.7. The van der Waals surface area contributed by atoms with Crippen LogP contribution in [0.15, 0.2) is 42.7 Å². The predicted octanol–water partition coefficient (Wildman–Crippen LogP) is 3.41. The van der Waals surface area contributed by atoms with Crippen LogP contribution in [0.3, 0.4) is 0 Å². The summed E-state index contributed by atoms with van der Waals surface area (Å²) >= 11 is 0. The van der Waals surface area contributed by atoms with Crippen molar-refractivity contribution < 1.29 is 18.0 Å². The van der Waals surface area contributed by atoms with Gasteiger partial charge >= 0.3 is 6.18 Å². The fourth-order valence-corrected chi connectivity index (χ4v) is 4.86. The molecule has 3 atom stereocenters. The summed E-state index contributed by atoms with van der Waals surface area (Å²) in [5, 5.41) is 7.88. The number of carbonyl (C=O) groups excluding carboxylic acids is 1. The lowest BCUT2D eigenvalue weighted by Crippen LogP contribution is -2.31. The van der Waals surface area contributed by atoms with Gasteiger partial charge in [0.15, 0.2) is 0 Å². The van der Waals surface area contributed by atoms with Gasteiger partial charge < -0.3 is 4.90 Å². The SMILES string of the molecule is O=C(c1nnc2ncccn12)N1C[C@H]2C[C@@H](c3ccccc3C(F)(F)F)C[C@H]2C1. The second-order valence-corrected chi connectivity index (χ2v) is 7.80. The number of likely N-dealkylation sites (tertiary alicyclic amines) is 1. The van der Waals surface area contributed by atoms with Crippen molar-refractivity contribution in [3.63, 3.8) is 0 Å². The van der Waals surface area contributed by atoms with E-state index in [1.165, 1.54) is 6.07 Å². The lowest BCUT2D eigenvalue weighted by atomic mass is 9.91. The van der Waals surface area contributed by atoms with Crippen LogP contribution in [0.1, 0.15) is 40.5 Å². The molecule has 150 valence electrons. The third-order valence-corrected chi connectivity index (χ3v) is 6.12. The van der Waals surface area contributed by atoms with E-state index in [1.54, 1.807) is 39.9 Å². The third kappa shape index (κ3) is 3.04. The van der Waals surface area contributed by atoms with Crippen LogP contribution < -0.4 is 0 Å². The van der Waals surface area contributed by atoms with Crippen LogP contribution in [-0.4, -0.2) is 43.5 Å². The summed E-state index contributed by atoms with van der Waals surface area (Å²) < 4.78 is 41.7. The highest BCUT2D eigenvalue weighted by atomic mass is 19.4. The number of alkyl halides is 3. The molecule has 0 spiro atoms. The largest absolute Gasteiger partial charge is 0.416 e. The smallest absolute Gasteiger partial charge is 0.335 e. The van der Waals surface area contributed by atoms with E-state index in [0.29, 0.717) is 37.3 Å². The molecule has 9 heteroatoms. The number of aromatic nitrogens is 4. The molecule has 1 aliphatic heterocycles. The van der Waals surface area contributed by atoms with Crippen LogP contribution in [0.25, 0.3) is 5.78 Å². The highest BCUT2D eigenvalue weighted by Crippen LogP contribution is 2.48. The highest BCUT2D eigenvalue weighted by Gasteiger charge is 2.45. The Bertz CT molecular complexity index is 1070. The van der Waals surface area contributed by atoms with E-state index >= 15 is 0 Å². The summed E-state index contributed by atoms with van der Waals surface area (Å²) in [5.41, 5.74) is -0.165. The topological polar surface area (TPSA) is 63.4 Å². The molecule has 0 radical (unpaired) electrons. The lowest BCUT2D eigenvalue weighted by molar-refractivity contribution is -0.138. The predicted molar refractivity (Wildman–Crippen MR) is 97.1 cm³/mol. The molecule has 6 nitrogen and oxygen atoms in total. The van der Waals surface area contributed by atoms with Gasteiger partial charge in [-0.05, 0) is 48.3 Å². The van der Waals surface area contributed by atoms with Crippen molar-refractivity contribution in [2.75, 3.05) is 13.1 Å². The van der Waals surface area contributed by atoms with Crippen LogP contribution >= 0.6 is 0 Å². The Hall–Kier alpha value is -2.97. The van der Waals surface area contributed by atoms with Crippen molar-refractivity contribution in [3.05, 3.63) is 59.7 Å². The molecule has 1 saturated heterocycles. The number of nitrogens with zero attached hydrogens (tertiary/aromatic N) is 5. The summed E-state index contributed by atoms with van der Waals surface area (Å²) in [6, 6.07) is 7.55. The van der Waals surface area contributed by atoms with Crippen molar-refractivity contribution in [1.82, 2.24) is 24.5 Å². The molecule has 3 heterocycles. The molecule has 0 bridgehead atoms. The first-order valence-corrected chi connectivity index (χ1v) is 9.53. The van der Waals surface area contributed by atoms with Gasteiger partial charge in [0.1, 0.15) is 0 Å². The van der Waals surface area contributed by atoms with E-state index in [4.69, 9.17) is 0 Å². The van der Waals surface area contributed by atoms with Crippen LogP contribution in [0.2, 0.25) is 0 Å². The number of hydrogen-bond donors (Lipinski definition) is 0. The monoisotopic (exact) mass is 401 g/mol. The minimum Gasteiger partial charge on any atom is -0.335 e. The van der Waals surface area contributed by atoms with E-state index in [9.17, 15) is 18.0 Å². The van der Waals surface area contributed by atoms with Crippen molar-refractivity contribution in [2.24, 2.45) is 11.8 Å². The fourth-order valence-electron chi connectivity index (χ4n) is 4.86. The van der Waals surface area contributed by atoms with Crippen LogP contribution in [-0.2, 0) is 6.18 Å². The number of amides is 1. The maximum Gasteiger partial charge on any atom is 0.416 e. The van der Waals surface area contributed by atoms with Crippen molar-refractivity contribution in [2.45, 2.75) is 24.9 Å². The van der Waals surface area contributed by atoms with Gasteiger partial charge in [0.2, 0.25) is 5.82 Å². The van der Waals surface area contributed by atoms with Gasteiger partial charge in [0, 0.05) is 25.5 Å². The molecule has 1 aliphatic carbocycles. The van der Waals surface area contributed by atoms with E-state index in [1.807, 2.05) is 0 Å². The number of halogens is 3. The van der Waals surface area contributed by atoms with Crippen molar-refractivity contribution >= 4 is 11.7 Å². The van der Waals surface area contributed by atoms with Gasteiger partial charge in [-0.3, -0.25) is 9.20 Å². The third-order valence-electron chi connectivity index (χ3n) is 6.12. The molecular formula is C20H18F3N5O. The molecular weight excluding hydrogens is 383 g/mol. The van der Waals surface area contributed by atoms with Crippen LogP contribution in [0.4, 0.5) is 13.2 Å². The van der Waals surface area contributed by atoms with E-state index in [0.717, 1.165) is 6.07 Å². The Kier molecular flexibility index (Phi) is 4.07. The Balaban J connectivity index is 1.33. The summed E-state index contributed by atoms with van der Waals surface area (Å²) in [6.07, 6.45) is 0.237. The first-order chi connectivity index (χ1) is 13.9. The Morgan fingerprint density at radius 3 is 2.48 bits per heavy atom. The van der Waals surface area contributed by atoms with Crippen LogP contribution in [0, 0.1) is 11.8 Å². The minimum absolute atomic E-state index is 0.127. The first kappa shape index (κ1) is 18.1. The van der Waals surface area contributed by atoms with E-state index in [-0.39, 0.29) is 29.5 Å². The molecule has 0 N–H and O–H groups in total. The Morgan fingerprint density at radius 2 is 1.76 bits per heavy atom. The van der Waals surface area contributed by atoms with E-state index < -0.39 is 11.7 Å². The Morgan fingerprint density at radius 1 is 1.03 bits per heavy atom. The molecule has 0 unspecified atom stereocenters. The number of fused-ring (bicyclic) bond motifs is 2. The maximum absolute atomic E-state index is 13.4. The van der Waals surface area contributed by atoms with Gasteiger partial charge in [0.25, 0.3) is 11.7 Å². The molecule has 2 aliphatic rings. The Labute approximate surface area is 164 Å². The normalized spacial score (nSPS) is 24.2. The minimum atomic E-state index is -4.35. The first-order valence-electron chi connectivity index (χ1n) is 9.53. The zero-order chi connectivity index (χ0) is 20.2. The fraction of sp³-hybridized carbons (Fsp3) is 0.400.